The zero-order valence-electron chi connectivity index (χ0n) is 14.8. The summed E-state index contributed by atoms with van der Waals surface area (Å²) in [7, 11) is 0. The van der Waals surface area contributed by atoms with E-state index in [0.29, 0.717) is 18.8 Å². The minimum absolute atomic E-state index is 0.0832. The molecule has 0 aliphatic carbocycles. The number of carbonyl (C=O) groups is 3. The van der Waals surface area contributed by atoms with E-state index >= 15 is 0 Å². The van der Waals surface area contributed by atoms with Gasteiger partial charge in [0.05, 0.1) is 10.5 Å². The highest BCUT2D eigenvalue weighted by Crippen LogP contribution is 2.22. The number of nitro benzene ring substituents is 1. The largest absolute Gasteiger partial charge is 0.454 e. The van der Waals surface area contributed by atoms with Crippen molar-refractivity contribution >= 4 is 29.0 Å². The summed E-state index contributed by atoms with van der Waals surface area (Å²) in [6.45, 7) is 0.811. The first kappa shape index (κ1) is 19.1. The van der Waals surface area contributed by atoms with Crippen molar-refractivity contribution in [1.29, 1.82) is 0 Å². The summed E-state index contributed by atoms with van der Waals surface area (Å²) in [5, 5.41) is 10.9. The van der Waals surface area contributed by atoms with Crippen molar-refractivity contribution in [2.45, 2.75) is 12.8 Å². The van der Waals surface area contributed by atoms with Crippen LogP contribution in [0.1, 0.15) is 44.0 Å². The van der Waals surface area contributed by atoms with Gasteiger partial charge in [0.25, 0.3) is 11.6 Å². The summed E-state index contributed by atoms with van der Waals surface area (Å²) >= 11 is 0. The Balaban J connectivity index is 1.61. The Kier molecular flexibility index (Phi) is 5.39. The minimum atomic E-state index is -0.889. The number of nitrogens with two attached hydrogens (primary N) is 1. The Morgan fingerprint density at radius 2 is 1.89 bits per heavy atom. The summed E-state index contributed by atoms with van der Waals surface area (Å²) in [6.07, 6.45) is 3.29. The first-order valence-corrected chi connectivity index (χ1v) is 8.58. The molecule has 2 aromatic rings. The highest BCUT2D eigenvalue weighted by molar-refractivity contribution is 6.02. The fraction of sp³-hybridized carbons (Fsp3) is 0.278. The fourth-order valence-corrected chi connectivity index (χ4v) is 2.90. The number of nitrogens with one attached hydrogen (secondary N) is 1. The number of nitrogen functional groups attached to an aromatic ring is 1. The number of benzene rings is 1. The Labute approximate surface area is 159 Å². The van der Waals surface area contributed by atoms with Gasteiger partial charge in [0, 0.05) is 30.9 Å². The van der Waals surface area contributed by atoms with Crippen LogP contribution in [0.5, 0.6) is 0 Å². The van der Waals surface area contributed by atoms with Crippen LogP contribution in [0.25, 0.3) is 0 Å². The molecule has 1 amide bonds. The molecular formula is C18H18N4O6. The van der Waals surface area contributed by atoms with Crippen LogP contribution >= 0.6 is 0 Å². The average Bonchev–Trinajstić information content (AvgIpc) is 3.37. The third-order valence-electron chi connectivity index (χ3n) is 4.43. The van der Waals surface area contributed by atoms with Crippen LogP contribution < -0.4 is 5.73 Å². The lowest BCUT2D eigenvalue weighted by Crippen LogP contribution is -2.27. The van der Waals surface area contributed by atoms with Crippen molar-refractivity contribution in [3.05, 3.63) is 57.4 Å². The van der Waals surface area contributed by atoms with E-state index in [1.807, 2.05) is 0 Å². The number of nitrogens with zero attached hydrogens (tertiary/aromatic N) is 2. The maximum atomic E-state index is 12.3. The van der Waals surface area contributed by atoms with Crippen molar-refractivity contribution in [3.63, 3.8) is 0 Å². The second-order valence-electron chi connectivity index (χ2n) is 6.33. The van der Waals surface area contributed by atoms with E-state index in [4.69, 9.17) is 10.5 Å². The molecule has 0 saturated carbocycles. The van der Waals surface area contributed by atoms with E-state index in [0.717, 1.165) is 18.9 Å². The van der Waals surface area contributed by atoms with Gasteiger partial charge < -0.3 is 20.4 Å². The van der Waals surface area contributed by atoms with Gasteiger partial charge in [0.1, 0.15) is 11.4 Å². The number of amides is 1. The number of ketones is 1. The number of anilines is 1. The summed E-state index contributed by atoms with van der Waals surface area (Å²) in [4.78, 5) is 51.2. The number of esters is 1. The molecule has 1 aliphatic heterocycles. The van der Waals surface area contributed by atoms with Gasteiger partial charge in [0.15, 0.2) is 6.61 Å². The number of hydrogen-bond donors (Lipinski definition) is 2. The van der Waals surface area contributed by atoms with Gasteiger partial charge in [-0.25, -0.2) is 4.79 Å². The molecule has 3 N–H and O–H groups in total. The number of H-pyrrole nitrogens is 1. The number of Topliss-reactive ketones (excluding diaryl/α,β-unsaturated/α-hetero) is 1. The molecule has 1 aromatic carbocycles. The molecule has 146 valence electrons. The number of likely N-dealkylation sites (tertiary alicyclic amines) is 1. The van der Waals surface area contributed by atoms with Crippen LogP contribution in [-0.4, -0.2) is 52.2 Å². The molecule has 3 rings (SSSR count). The topological polar surface area (TPSA) is 149 Å². The molecule has 2 heterocycles. The van der Waals surface area contributed by atoms with E-state index in [1.165, 1.54) is 24.4 Å². The van der Waals surface area contributed by atoms with Crippen molar-refractivity contribution in [2.75, 3.05) is 25.4 Å². The van der Waals surface area contributed by atoms with Gasteiger partial charge in [-0.05, 0) is 31.0 Å². The summed E-state index contributed by atoms with van der Waals surface area (Å²) < 4.78 is 4.93. The number of hydrogen-bond acceptors (Lipinski definition) is 7. The monoisotopic (exact) mass is 386 g/mol. The van der Waals surface area contributed by atoms with Gasteiger partial charge in [-0.3, -0.25) is 19.7 Å². The van der Waals surface area contributed by atoms with Crippen LogP contribution in [0.4, 0.5) is 11.4 Å². The number of aromatic amines is 1. The molecule has 10 heteroatoms. The minimum Gasteiger partial charge on any atom is -0.454 e. The maximum absolute atomic E-state index is 12.3. The second-order valence-corrected chi connectivity index (χ2v) is 6.33. The van der Waals surface area contributed by atoms with Crippen LogP contribution in [0, 0.1) is 10.1 Å². The molecule has 0 atom stereocenters. The normalized spacial score (nSPS) is 13.4. The lowest BCUT2D eigenvalue weighted by Gasteiger charge is -2.13. The molecule has 28 heavy (non-hydrogen) atoms. The van der Waals surface area contributed by atoms with Gasteiger partial charge >= 0.3 is 5.97 Å². The predicted molar refractivity (Wildman–Crippen MR) is 98.1 cm³/mol. The number of aromatic nitrogens is 1. The van der Waals surface area contributed by atoms with Crippen molar-refractivity contribution in [1.82, 2.24) is 9.88 Å². The zero-order valence-corrected chi connectivity index (χ0v) is 14.8. The molecule has 0 spiro atoms. The van der Waals surface area contributed by atoms with Crippen molar-refractivity contribution in [2.24, 2.45) is 0 Å². The molecular weight excluding hydrogens is 368 g/mol. The smallest absolute Gasteiger partial charge is 0.338 e. The predicted octanol–water partition coefficient (Wildman–Crippen LogP) is 1.78. The summed E-state index contributed by atoms with van der Waals surface area (Å²) in [6, 6.07) is 4.91. The molecule has 1 aromatic heterocycles. The Morgan fingerprint density at radius 1 is 1.18 bits per heavy atom. The average molecular weight is 386 g/mol. The van der Waals surface area contributed by atoms with Crippen LogP contribution in [0.15, 0.2) is 30.5 Å². The van der Waals surface area contributed by atoms with Crippen LogP contribution in [0.3, 0.4) is 0 Å². The third-order valence-corrected chi connectivity index (χ3v) is 4.43. The first-order valence-electron chi connectivity index (χ1n) is 8.58. The lowest BCUT2D eigenvalue weighted by molar-refractivity contribution is -0.383. The van der Waals surface area contributed by atoms with Gasteiger partial charge in [-0.2, -0.15) is 0 Å². The number of ether oxygens (including phenoxy) is 1. The highest BCUT2D eigenvalue weighted by Gasteiger charge is 2.22. The van der Waals surface area contributed by atoms with E-state index < -0.39 is 29.0 Å². The second kappa shape index (κ2) is 7.91. The van der Waals surface area contributed by atoms with Gasteiger partial charge in [-0.15, -0.1) is 0 Å². The lowest BCUT2D eigenvalue weighted by atomic mass is 10.1. The third kappa shape index (κ3) is 4.00. The van der Waals surface area contributed by atoms with E-state index in [9.17, 15) is 24.5 Å². The molecule has 10 nitrogen and oxygen atoms in total. The van der Waals surface area contributed by atoms with Crippen molar-refractivity contribution < 1.29 is 24.0 Å². The number of nitro groups is 1. The molecule has 0 radical (unpaired) electrons. The van der Waals surface area contributed by atoms with Gasteiger partial charge in [0.2, 0.25) is 5.78 Å². The fourth-order valence-electron chi connectivity index (χ4n) is 2.90. The molecule has 1 aliphatic rings. The van der Waals surface area contributed by atoms with Crippen LogP contribution in [-0.2, 0) is 4.74 Å². The SMILES string of the molecule is Nc1ccc(C(=O)OCC(=O)c2c[nH]c(C(=O)N3CCCC3)c2)cc1[N+](=O)[O-]. The maximum Gasteiger partial charge on any atom is 0.338 e. The van der Waals surface area contributed by atoms with E-state index in [2.05, 4.69) is 4.98 Å². The molecule has 0 unspecified atom stereocenters. The van der Waals surface area contributed by atoms with Gasteiger partial charge in [-0.1, -0.05) is 0 Å². The Hall–Kier alpha value is -3.69. The number of carbonyl (C=O) groups excluding carboxylic acids is 3. The van der Waals surface area contributed by atoms with Crippen LogP contribution in [0.2, 0.25) is 0 Å². The zero-order chi connectivity index (χ0) is 20.3. The molecule has 1 fully saturated rings. The molecule has 1 saturated heterocycles. The number of rotatable bonds is 6. The quantitative estimate of drug-likeness (QED) is 0.253. The standard InChI is InChI=1S/C18H18N4O6/c19-13-4-3-11(8-15(13)22(26)27)18(25)28-10-16(23)12-7-14(20-9-12)17(24)21-5-1-2-6-21/h3-4,7-9,20H,1-2,5-6,10,19H2. The van der Waals surface area contributed by atoms with Crippen molar-refractivity contribution in [3.8, 4) is 0 Å². The first-order chi connectivity index (χ1) is 13.4. The van der Waals surface area contributed by atoms with E-state index in [-0.39, 0.29) is 22.7 Å². The summed E-state index contributed by atoms with van der Waals surface area (Å²) in [5.74, 6) is -1.57. The summed E-state index contributed by atoms with van der Waals surface area (Å²) in [5.41, 5.74) is 5.39. The highest BCUT2D eigenvalue weighted by atomic mass is 16.6. The van der Waals surface area contributed by atoms with E-state index in [1.54, 1.807) is 4.90 Å². The Bertz CT molecular complexity index is 945. The Morgan fingerprint density at radius 3 is 2.57 bits per heavy atom. The molecule has 0 bridgehead atoms.